The van der Waals surface area contributed by atoms with E-state index in [0.717, 1.165) is 19.5 Å². The molecule has 0 saturated carbocycles. The van der Waals surface area contributed by atoms with E-state index in [4.69, 9.17) is 17.3 Å². The fourth-order valence-electron chi connectivity index (χ4n) is 2.06. The highest BCUT2D eigenvalue weighted by Gasteiger charge is 2.20. The first-order valence-electron chi connectivity index (χ1n) is 6.03. The lowest BCUT2D eigenvalue weighted by Gasteiger charge is -2.30. The normalized spacial score (nSPS) is 13.1. The van der Waals surface area contributed by atoms with Crippen molar-refractivity contribution in [3.8, 4) is 0 Å². The molecular formula is C13H20ClFN2. The zero-order valence-electron chi connectivity index (χ0n) is 10.4. The van der Waals surface area contributed by atoms with Crippen LogP contribution in [-0.2, 0) is 0 Å². The Morgan fingerprint density at radius 3 is 2.65 bits per heavy atom. The van der Waals surface area contributed by atoms with Crippen LogP contribution in [0.5, 0.6) is 0 Å². The monoisotopic (exact) mass is 258 g/mol. The van der Waals surface area contributed by atoms with Crippen LogP contribution in [0.1, 0.15) is 31.9 Å². The SMILES string of the molecule is CCCN(CC)C(CN)c1cc(Cl)ccc1F. The van der Waals surface area contributed by atoms with Gasteiger partial charge in [0.2, 0.25) is 0 Å². The van der Waals surface area contributed by atoms with Crippen molar-refractivity contribution >= 4 is 11.6 Å². The summed E-state index contributed by atoms with van der Waals surface area (Å²) in [6, 6.07) is 4.54. The zero-order valence-corrected chi connectivity index (χ0v) is 11.2. The molecule has 2 nitrogen and oxygen atoms in total. The van der Waals surface area contributed by atoms with Gasteiger partial charge in [-0.15, -0.1) is 0 Å². The number of hydrogen-bond donors (Lipinski definition) is 1. The minimum absolute atomic E-state index is 0.0985. The molecule has 0 heterocycles. The molecule has 0 saturated heterocycles. The van der Waals surface area contributed by atoms with Gasteiger partial charge in [0.1, 0.15) is 5.82 Å². The second kappa shape index (κ2) is 6.94. The quantitative estimate of drug-likeness (QED) is 0.849. The lowest BCUT2D eigenvalue weighted by Crippen LogP contribution is -2.34. The number of nitrogens with two attached hydrogens (primary N) is 1. The van der Waals surface area contributed by atoms with Crippen molar-refractivity contribution in [1.82, 2.24) is 4.90 Å². The van der Waals surface area contributed by atoms with Crippen LogP contribution in [0.25, 0.3) is 0 Å². The smallest absolute Gasteiger partial charge is 0.128 e. The van der Waals surface area contributed by atoms with E-state index in [9.17, 15) is 4.39 Å². The molecule has 1 unspecified atom stereocenters. The Kier molecular flexibility index (Phi) is 5.89. The Labute approximate surface area is 108 Å². The van der Waals surface area contributed by atoms with E-state index in [0.29, 0.717) is 17.1 Å². The Morgan fingerprint density at radius 1 is 1.41 bits per heavy atom. The van der Waals surface area contributed by atoms with E-state index in [1.807, 2.05) is 0 Å². The summed E-state index contributed by atoms with van der Waals surface area (Å²) in [6.45, 7) is 6.31. The fraction of sp³-hybridized carbons (Fsp3) is 0.538. The molecule has 96 valence electrons. The highest BCUT2D eigenvalue weighted by atomic mass is 35.5. The molecule has 0 amide bonds. The maximum Gasteiger partial charge on any atom is 0.128 e. The molecule has 0 radical (unpaired) electrons. The zero-order chi connectivity index (χ0) is 12.8. The molecule has 0 aliphatic carbocycles. The number of rotatable bonds is 6. The van der Waals surface area contributed by atoms with Crippen LogP contribution in [0.3, 0.4) is 0 Å². The molecule has 1 aromatic carbocycles. The van der Waals surface area contributed by atoms with Gasteiger partial charge in [0, 0.05) is 23.2 Å². The average molecular weight is 259 g/mol. The van der Waals surface area contributed by atoms with Gasteiger partial charge in [-0.05, 0) is 37.7 Å². The molecule has 1 atom stereocenters. The van der Waals surface area contributed by atoms with E-state index in [1.54, 1.807) is 12.1 Å². The molecule has 2 N–H and O–H groups in total. The van der Waals surface area contributed by atoms with Gasteiger partial charge in [-0.1, -0.05) is 25.4 Å². The third kappa shape index (κ3) is 3.66. The van der Waals surface area contributed by atoms with E-state index < -0.39 is 0 Å². The first-order valence-corrected chi connectivity index (χ1v) is 6.40. The van der Waals surface area contributed by atoms with Crippen molar-refractivity contribution in [3.05, 3.63) is 34.6 Å². The van der Waals surface area contributed by atoms with Gasteiger partial charge < -0.3 is 5.73 Å². The van der Waals surface area contributed by atoms with Gasteiger partial charge in [0.25, 0.3) is 0 Å². The van der Waals surface area contributed by atoms with Crippen LogP contribution in [0, 0.1) is 5.82 Å². The highest BCUT2D eigenvalue weighted by molar-refractivity contribution is 6.30. The molecule has 0 fully saturated rings. The summed E-state index contributed by atoms with van der Waals surface area (Å²) in [5, 5.41) is 0.549. The second-order valence-corrected chi connectivity index (χ2v) is 4.48. The van der Waals surface area contributed by atoms with Crippen molar-refractivity contribution in [3.63, 3.8) is 0 Å². The lowest BCUT2D eigenvalue weighted by molar-refractivity contribution is 0.208. The van der Waals surface area contributed by atoms with E-state index in [-0.39, 0.29) is 11.9 Å². The number of halogens is 2. The Balaban J connectivity index is 3.02. The first kappa shape index (κ1) is 14.4. The molecule has 1 aromatic rings. The largest absolute Gasteiger partial charge is 0.329 e. The van der Waals surface area contributed by atoms with Crippen LogP contribution in [0.2, 0.25) is 5.02 Å². The number of hydrogen-bond acceptors (Lipinski definition) is 2. The van der Waals surface area contributed by atoms with Gasteiger partial charge in [-0.2, -0.15) is 0 Å². The number of likely N-dealkylation sites (N-methyl/N-ethyl adjacent to an activating group) is 1. The standard InChI is InChI=1S/C13H20ClFN2/c1-3-7-17(4-2)13(9-16)11-8-10(14)5-6-12(11)15/h5-6,8,13H,3-4,7,9,16H2,1-2H3. The van der Waals surface area contributed by atoms with Gasteiger partial charge >= 0.3 is 0 Å². The van der Waals surface area contributed by atoms with Crippen molar-refractivity contribution in [2.45, 2.75) is 26.3 Å². The van der Waals surface area contributed by atoms with Gasteiger partial charge in [0.15, 0.2) is 0 Å². The maximum atomic E-state index is 13.8. The molecule has 1 rings (SSSR count). The Bertz CT molecular complexity index is 357. The van der Waals surface area contributed by atoms with Crippen LogP contribution in [0.4, 0.5) is 4.39 Å². The van der Waals surface area contributed by atoms with Crippen LogP contribution < -0.4 is 5.73 Å². The molecule has 0 aliphatic rings. The minimum Gasteiger partial charge on any atom is -0.329 e. The summed E-state index contributed by atoms with van der Waals surface area (Å²) < 4.78 is 13.8. The first-order chi connectivity index (χ1) is 8.13. The highest BCUT2D eigenvalue weighted by Crippen LogP contribution is 2.25. The van der Waals surface area contributed by atoms with Crippen LogP contribution in [-0.4, -0.2) is 24.5 Å². The van der Waals surface area contributed by atoms with Crippen LogP contribution in [0.15, 0.2) is 18.2 Å². The molecule has 0 aromatic heterocycles. The maximum absolute atomic E-state index is 13.8. The topological polar surface area (TPSA) is 29.3 Å². The minimum atomic E-state index is -0.237. The molecule has 0 aliphatic heterocycles. The number of nitrogens with zero attached hydrogens (tertiary/aromatic N) is 1. The van der Waals surface area contributed by atoms with Crippen LogP contribution >= 0.6 is 11.6 Å². The number of benzene rings is 1. The van der Waals surface area contributed by atoms with Gasteiger partial charge in [-0.25, -0.2) is 4.39 Å². The van der Waals surface area contributed by atoms with Crippen molar-refractivity contribution in [1.29, 1.82) is 0 Å². The Hall–Kier alpha value is -0.640. The summed E-state index contributed by atoms with van der Waals surface area (Å²) in [6.07, 6.45) is 1.02. The summed E-state index contributed by atoms with van der Waals surface area (Å²) >= 11 is 5.92. The molecule has 17 heavy (non-hydrogen) atoms. The Morgan fingerprint density at radius 2 is 2.12 bits per heavy atom. The lowest BCUT2D eigenvalue weighted by atomic mass is 10.0. The molecule has 4 heteroatoms. The van der Waals surface area contributed by atoms with E-state index in [1.165, 1.54) is 6.07 Å². The third-order valence-corrected chi connectivity index (χ3v) is 3.13. The molecular weight excluding hydrogens is 239 g/mol. The molecule has 0 spiro atoms. The van der Waals surface area contributed by atoms with Crippen molar-refractivity contribution in [2.75, 3.05) is 19.6 Å². The van der Waals surface area contributed by atoms with Crippen molar-refractivity contribution < 1.29 is 4.39 Å². The second-order valence-electron chi connectivity index (χ2n) is 4.05. The predicted octanol–water partition coefficient (Wildman–Crippen LogP) is 3.21. The fourth-order valence-corrected chi connectivity index (χ4v) is 2.24. The molecule has 0 bridgehead atoms. The summed E-state index contributed by atoms with van der Waals surface area (Å²) in [7, 11) is 0. The van der Waals surface area contributed by atoms with E-state index in [2.05, 4.69) is 18.7 Å². The summed E-state index contributed by atoms with van der Waals surface area (Å²) in [4.78, 5) is 2.18. The third-order valence-electron chi connectivity index (χ3n) is 2.90. The van der Waals surface area contributed by atoms with Gasteiger partial charge in [0.05, 0.1) is 0 Å². The predicted molar refractivity (Wildman–Crippen MR) is 70.7 cm³/mol. The van der Waals surface area contributed by atoms with E-state index >= 15 is 0 Å². The van der Waals surface area contributed by atoms with Crippen molar-refractivity contribution in [2.24, 2.45) is 5.73 Å². The van der Waals surface area contributed by atoms with Gasteiger partial charge in [-0.3, -0.25) is 4.90 Å². The summed E-state index contributed by atoms with van der Waals surface area (Å²) in [5.74, 6) is -0.237. The average Bonchev–Trinajstić information content (AvgIpc) is 2.33. The summed E-state index contributed by atoms with van der Waals surface area (Å²) in [5.41, 5.74) is 6.37.